The number of halogens is 2. The van der Waals surface area contributed by atoms with E-state index in [-0.39, 0.29) is 0 Å². The van der Waals surface area contributed by atoms with Gasteiger partial charge >= 0.3 is 0 Å². The molecule has 5 rings (SSSR count). The van der Waals surface area contributed by atoms with Crippen molar-refractivity contribution in [3.63, 3.8) is 0 Å². The van der Waals surface area contributed by atoms with Crippen LogP contribution in [0.2, 0.25) is 10.0 Å². The maximum Gasteiger partial charge on any atom is 0.0961 e. The number of aromatic nitrogens is 1. The quantitative estimate of drug-likeness (QED) is 0.275. The summed E-state index contributed by atoms with van der Waals surface area (Å²) in [6.45, 7) is 1.55. The average molecular weight is 513 g/mol. The Morgan fingerprint density at radius 3 is 2.34 bits per heavy atom. The van der Waals surface area contributed by atoms with E-state index in [1.807, 2.05) is 24.3 Å². The monoisotopic (exact) mass is 511 g/mol. The Labute approximate surface area is 218 Å². The maximum atomic E-state index is 11.3. The normalized spacial score (nSPS) is 18.8. The van der Waals surface area contributed by atoms with Crippen molar-refractivity contribution in [2.24, 2.45) is 13.0 Å². The van der Waals surface area contributed by atoms with Gasteiger partial charge in [-0.05, 0) is 79.5 Å². The predicted octanol–water partition coefficient (Wildman–Crippen LogP) is 7.47. The van der Waals surface area contributed by atoms with E-state index in [0.717, 1.165) is 77.4 Å². The highest BCUT2D eigenvalue weighted by molar-refractivity contribution is 6.31. The molecule has 2 N–H and O–H groups in total. The zero-order chi connectivity index (χ0) is 24.6. The first-order valence-electron chi connectivity index (χ1n) is 12.9. The van der Waals surface area contributed by atoms with Gasteiger partial charge in [0.25, 0.3) is 0 Å². The highest BCUT2D eigenvalue weighted by Crippen LogP contribution is 2.40. The topological polar surface area (TPSA) is 52.2 Å². The lowest BCUT2D eigenvalue weighted by Gasteiger charge is -2.45. The Morgan fingerprint density at radius 1 is 1.00 bits per heavy atom. The molecule has 2 aromatic carbocycles. The predicted molar refractivity (Wildman–Crippen MR) is 147 cm³/mol. The minimum Gasteiger partial charge on any atom is -0.389 e. The van der Waals surface area contributed by atoms with Crippen LogP contribution in [0.5, 0.6) is 0 Å². The maximum absolute atomic E-state index is 11.3. The molecule has 4 nitrogen and oxygen atoms in total. The van der Waals surface area contributed by atoms with Crippen molar-refractivity contribution in [1.29, 1.82) is 5.41 Å². The smallest absolute Gasteiger partial charge is 0.0961 e. The first-order chi connectivity index (χ1) is 16.9. The summed E-state index contributed by atoms with van der Waals surface area (Å²) in [5.41, 5.74) is 4.08. The fraction of sp³-hybridized carbons (Fsp3) is 0.483. The average Bonchev–Trinajstić information content (AvgIpc) is 3.14. The standard InChI is InChI=1S/C29H35Cl2N3O/c1-33-26-13-11-23(31)19-25(26)24(28(33)20-7-9-22(30)10-8-20)12-14-27(32)34-17-15-29(35,16-18-34)21-5-3-2-4-6-21/h7-11,13,19,21,32,35H,2-6,12,14-18H2,1H3. The van der Waals surface area contributed by atoms with Crippen molar-refractivity contribution < 1.29 is 5.11 Å². The Balaban J connectivity index is 1.33. The molecular weight excluding hydrogens is 477 g/mol. The Kier molecular flexibility index (Phi) is 7.16. The number of piperidine rings is 1. The zero-order valence-electron chi connectivity index (χ0n) is 20.5. The second-order valence-corrected chi connectivity index (χ2v) is 11.3. The van der Waals surface area contributed by atoms with Crippen LogP contribution in [-0.4, -0.2) is 39.1 Å². The van der Waals surface area contributed by atoms with Crippen molar-refractivity contribution >= 4 is 39.9 Å². The molecule has 35 heavy (non-hydrogen) atoms. The van der Waals surface area contributed by atoms with Crippen molar-refractivity contribution in [1.82, 2.24) is 9.47 Å². The van der Waals surface area contributed by atoms with Crippen molar-refractivity contribution in [2.75, 3.05) is 13.1 Å². The Bertz CT molecular complexity index is 1200. The second-order valence-electron chi connectivity index (χ2n) is 10.4. The molecule has 2 fully saturated rings. The highest BCUT2D eigenvalue weighted by Gasteiger charge is 2.40. The number of fused-ring (bicyclic) bond motifs is 1. The van der Waals surface area contributed by atoms with Gasteiger partial charge in [-0.3, -0.25) is 5.41 Å². The van der Waals surface area contributed by atoms with E-state index in [9.17, 15) is 5.11 Å². The summed E-state index contributed by atoms with van der Waals surface area (Å²) in [6.07, 6.45) is 9.09. The first kappa shape index (κ1) is 24.7. The molecule has 2 aliphatic rings. The summed E-state index contributed by atoms with van der Waals surface area (Å²) < 4.78 is 2.22. The van der Waals surface area contributed by atoms with Crippen LogP contribution in [0.25, 0.3) is 22.2 Å². The van der Waals surface area contributed by atoms with E-state index >= 15 is 0 Å². The van der Waals surface area contributed by atoms with Crippen LogP contribution < -0.4 is 0 Å². The lowest BCUT2D eigenvalue weighted by atomic mass is 9.72. The number of rotatable bonds is 5. The highest BCUT2D eigenvalue weighted by atomic mass is 35.5. The van der Waals surface area contributed by atoms with Crippen LogP contribution in [0.4, 0.5) is 0 Å². The van der Waals surface area contributed by atoms with Crippen LogP contribution in [0.1, 0.15) is 56.9 Å². The third-order valence-electron chi connectivity index (χ3n) is 8.37. The molecule has 186 valence electrons. The molecule has 0 radical (unpaired) electrons. The summed E-state index contributed by atoms with van der Waals surface area (Å²) in [7, 11) is 2.09. The van der Waals surface area contributed by atoms with Crippen LogP contribution in [0.15, 0.2) is 42.5 Å². The minimum atomic E-state index is -0.536. The molecule has 0 atom stereocenters. The number of aryl methyl sites for hydroxylation is 2. The fourth-order valence-electron chi connectivity index (χ4n) is 6.34. The number of nitrogens with zero attached hydrogens (tertiary/aromatic N) is 2. The van der Waals surface area contributed by atoms with Gasteiger partial charge in [0, 0.05) is 47.5 Å². The summed E-state index contributed by atoms with van der Waals surface area (Å²) in [6, 6.07) is 14.0. The van der Waals surface area contributed by atoms with Gasteiger partial charge in [-0.25, -0.2) is 0 Å². The Morgan fingerprint density at radius 2 is 1.66 bits per heavy atom. The van der Waals surface area contributed by atoms with E-state index in [0.29, 0.717) is 18.2 Å². The second kappa shape index (κ2) is 10.2. The van der Waals surface area contributed by atoms with Gasteiger partial charge in [-0.15, -0.1) is 0 Å². The first-order valence-corrected chi connectivity index (χ1v) is 13.7. The van der Waals surface area contributed by atoms with E-state index in [2.05, 4.69) is 34.7 Å². The van der Waals surface area contributed by atoms with Crippen LogP contribution in [-0.2, 0) is 13.5 Å². The third-order valence-corrected chi connectivity index (χ3v) is 8.86. The lowest BCUT2D eigenvalue weighted by Crippen LogP contribution is -2.50. The van der Waals surface area contributed by atoms with Crippen LogP contribution in [0.3, 0.4) is 0 Å². The molecule has 1 saturated carbocycles. The summed E-state index contributed by atoms with van der Waals surface area (Å²) in [5, 5.41) is 22.8. The molecule has 6 heteroatoms. The van der Waals surface area contributed by atoms with Crippen molar-refractivity contribution in [3.05, 3.63) is 58.1 Å². The molecule has 2 heterocycles. The fourth-order valence-corrected chi connectivity index (χ4v) is 6.63. The van der Waals surface area contributed by atoms with Gasteiger partial charge in [0.05, 0.1) is 17.1 Å². The number of benzene rings is 2. The molecule has 0 bridgehead atoms. The molecule has 1 aliphatic carbocycles. The van der Waals surface area contributed by atoms with E-state index < -0.39 is 5.60 Å². The van der Waals surface area contributed by atoms with Gasteiger partial charge < -0.3 is 14.6 Å². The zero-order valence-corrected chi connectivity index (χ0v) is 22.0. The van der Waals surface area contributed by atoms with Gasteiger partial charge in [-0.2, -0.15) is 0 Å². The van der Waals surface area contributed by atoms with Gasteiger partial charge in [0.2, 0.25) is 0 Å². The summed E-state index contributed by atoms with van der Waals surface area (Å²) in [4.78, 5) is 2.18. The van der Waals surface area contributed by atoms with Crippen LogP contribution >= 0.6 is 23.2 Å². The largest absolute Gasteiger partial charge is 0.389 e. The molecule has 3 aromatic rings. The van der Waals surface area contributed by atoms with E-state index in [1.54, 1.807) is 0 Å². The van der Waals surface area contributed by atoms with Crippen molar-refractivity contribution in [2.45, 2.75) is 63.4 Å². The number of hydrogen-bond donors (Lipinski definition) is 2. The van der Waals surface area contributed by atoms with E-state index in [1.165, 1.54) is 24.8 Å². The van der Waals surface area contributed by atoms with Gasteiger partial charge in [0.15, 0.2) is 0 Å². The number of amidine groups is 1. The Hall–Kier alpha value is -2.01. The van der Waals surface area contributed by atoms with Gasteiger partial charge in [-0.1, -0.05) is 54.6 Å². The van der Waals surface area contributed by atoms with Crippen LogP contribution in [0, 0.1) is 11.3 Å². The number of hydrogen-bond acceptors (Lipinski definition) is 2. The molecular formula is C29H35Cl2N3O. The summed E-state index contributed by atoms with van der Waals surface area (Å²) >= 11 is 12.6. The summed E-state index contributed by atoms with van der Waals surface area (Å²) in [5.74, 6) is 1.10. The number of aliphatic hydroxyl groups is 1. The number of nitrogens with one attached hydrogen (secondary N) is 1. The van der Waals surface area contributed by atoms with Crippen molar-refractivity contribution in [3.8, 4) is 11.3 Å². The molecule has 0 spiro atoms. The lowest BCUT2D eigenvalue weighted by molar-refractivity contribution is -0.0686. The third kappa shape index (κ3) is 4.98. The molecule has 0 amide bonds. The minimum absolute atomic E-state index is 0.440. The SMILES string of the molecule is Cn1c(-c2ccc(Cl)cc2)c(CCC(=N)N2CCC(O)(C3CCCCC3)CC2)c2cc(Cl)ccc21. The molecule has 1 aliphatic heterocycles. The molecule has 1 aromatic heterocycles. The molecule has 1 saturated heterocycles. The van der Waals surface area contributed by atoms with E-state index in [4.69, 9.17) is 28.6 Å². The molecule has 0 unspecified atom stereocenters. The van der Waals surface area contributed by atoms with Gasteiger partial charge in [0.1, 0.15) is 0 Å². The number of likely N-dealkylation sites (tertiary alicyclic amines) is 1.